The number of carboxylic acids is 2. The largest absolute Gasteiger partial charge is 0.478 e. The van der Waals surface area contributed by atoms with Crippen LogP contribution in [0.25, 0.3) is 0 Å². The topological polar surface area (TPSA) is 115 Å². The zero-order valence-corrected chi connectivity index (χ0v) is 7.04. The van der Waals surface area contributed by atoms with Crippen molar-refractivity contribution < 1.29 is 30.0 Å². The van der Waals surface area contributed by atoms with E-state index in [1.165, 1.54) is 0 Å². The summed E-state index contributed by atoms with van der Waals surface area (Å²) in [6, 6.07) is 0. The average molecular weight is 192 g/mol. The zero-order valence-electron chi connectivity index (χ0n) is 7.04. The van der Waals surface area contributed by atoms with E-state index in [4.69, 9.17) is 20.4 Å². The van der Waals surface area contributed by atoms with Crippen molar-refractivity contribution in [3.63, 3.8) is 0 Å². The molecule has 0 saturated carbocycles. The number of aliphatic carboxylic acids is 2. The second kappa shape index (κ2) is 8.69. The molecule has 0 aromatic carbocycles. The van der Waals surface area contributed by atoms with Crippen molar-refractivity contribution in [2.45, 2.75) is 19.6 Å². The Labute approximate surface area is 74.7 Å². The summed E-state index contributed by atoms with van der Waals surface area (Å²) < 4.78 is 0. The van der Waals surface area contributed by atoms with E-state index < -0.39 is 18.2 Å². The molecule has 0 heterocycles. The van der Waals surface area contributed by atoms with Crippen LogP contribution in [0.3, 0.4) is 0 Å². The number of aliphatic hydroxyl groups excluding tert-OH is 1. The predicted octanol–water partition coefficient (Wildman–Crippen LogP) is -0.581. The normalized spacial score (nSPS) is 9.54. The lowest BCUT2D eigenvalue weighted by molar-refractivity contribution is -0.134. The molecule has 0 aromatic heterocycles. The SMILES string of the molecule is CCC(O)O.O=C(O)C=CC(=O)O. The Morgan fingerprint density at radius 1 is 1.15 bits per heavy atom. The van der Waals surface area contributed by atoms with Crippen LogP contribution in [0.1, 0.15) is 13.3 Å². The van der Waals surface area contributed by atoms with E-state index in [1.807, 2.05) is 0 Å². The van der Waals surface area contributed by atoms with E-state index in [2.05, 4.69) is 0 Å². The standard InChI is InChI=1S/C4H4O4.C3H8O2/c5-3(6)1-2-4(7)8;1-2-3(4)5/h1-2H,(H,5,6)(H,7,8);3-5H,2H2,1H3. The summed E-state index contributed by atoms with van der Waals surface area (Å²) in [4.78, 5) is 19.1. The number of aliphatic hydroxyl groups is 2. The maximum absolute atomic E-state index is 9.55. The van der Waals surface area contributed by atoms with Crippen LogP contribution in [0.5, 0.6) is 0 Å². The minimum Gasteiger partial charge on any atom is -0.478 e. The number of hydrogen-bond donors (Lipinski definition) is 4. The highest BCUT2D eigenvalue weighted by Gasteiger charge is 1.88. The van der Waals surface area contributed by atoms with Gasteiger partial charge in [-0.1, -0.05) is 6.92 Å². The van der Waals surface area contributed by atoms with Crippen molar-refractivity contribution in [3.05, 3.63) is 12.2 Å². The first-order valence-corrected chi connectivity index (χ1v) is 3.40. The van der Waals surface area contributed by atoms with Gasteiger partial charge in [0.1, 0.15) is 0 Å². The number of carboxylic acid groups (broad SMARTS) is 2. The lowest BCUT2D eigenvalue weighted by Crippen LogP contribution is -1.99. The van der Waals surface area contributed by atoms with Crippen molar-refractivity contribution in [2.75, 3.05) is 0 Å². The van der Waals surface area contributed by atoms with Gasteiger partial charge in [-0.3, -0.25) is 0 Å². The first-order valence-electron chi connectivity index (χ1n) is 3.40. The Morgan fingerprint density at radius 2 is 1.38 bits per heavy atom. The maximum Gasteiger partial charge on any atom is 0.328 e. The lowest BCUT2D eigenvalue weighted by Gasteiger charge is -1.90. The summed E-state index contributed by atoms with van der Waals surface area (Å²) in [5, 5.41) is 31.5. The van der Waals surface area contributed by atoms with Crippen molar-refractivity contribution in [2.24, 2.45) is 0 Å². The molecule has 6 nitrogen and oxygen atoms in total. The number of rotatable bonds is 3. The molecule has 0 bridgehead atoms. The second-order valence-corrected chi connectivity index (χ2v) is 1.90. The van der Waals surface area contributed by atoms with E-state index in [-0.39, 0.29) is 0 Å². The van der Waals surface area contributed by atoms with E-state index in [1.54, 1.807) is 6.92 Å². The molecule has 0 aliphatic rings. The Hall–Kier alpha value is -1.40. The van der Waals surface area contributed by atoms with Gasteiger partial charge in [0.15, 0.2) is 6.29 Å². The molecule has 0 amide bonds. The van der Waals surface area contributed by atoms with Gasteiger partial charge in [0.25, 0.3) is 0 Å². The number of hydrogen-bond acceptors (Lipinski definition) is 4. The molecule has 0 radical (unpaired) electrons. The Morgan fingerprint density at radius 3 is 1.46 bits per heavy atom. The highest BCUT2D eigenvalue weighted by molar-refractivity contribution is 5.89. The fraction of sp³-hybridized carbons (Fsp3) is 0.429. The molecule has 0 aromatic rings. The first kappa shape index (κ1) is 14.1. The molecule has 0 spiro atoms. The Bertz CT molecular complexity index is 167. The molecule has 0 unspecified atom stereocenters. The second-order valence-electron chi connectivity index (χ2n) is 1.90. The zero-order chi connectivity index (χ0) is 10.9. The van der Waals surface area contributed by atoms with Crippen molar-refractivity contribution in [1.29, 1.82) is 0 Å². The number of carbonyl (C=O) groups is 2. The van der Waals surface area contributed by atoms with Crippen LogP contribution >= 0.6 is 0 Å². The molecule has 0 saturated heterocycles. The Balaban J connectivity index is 0. The van der Waals surface area contributed by atoms with Gasteiger partial charge in [-0.2, -0.15) is 0 Å². The van der Waals surface area contributed by atoms with Crippen LogP contribution in [-0.2, 0) is 9.59 Å². The molecule has 13 heavy (non-hydrogen) atoms. The molecular weight excluding hydrogens is 180 g/mol. The van der Waals surface area contributed by atoms with Crippen LogP contribution in [0.15, 0.2) is 12.2 Å². The fourth-order valence-electron chi connectivity index (χ4n) is 0.143. The van der Waals surface area contributed by atoms with E-state index >= 15 is 0 Å². The summed E-state index contributed by atoms with van der Waals surface area (Å²) in [5.74, 6) is -2.51. The van der Waals surface area contributed by atoms with E-state index in [0.717, 1.165) is 0 Å². The van der Waals surface area contributed by atoms with E-state index in [0.29, 0.717) is 18.6 Å². The predicted molar refractivity (Wildman–Crippen MR) is 42.9 cm³/mol. The monoisotopic (exact) mass is 192 g/mol. The molecule has 0 atom stereocenters. The summed E-state index contributed by atoms with van der Waals surface area (Å²) in [6.45, 7) is 1.70. The molecular formula is C7H12O6. The summed E-state index contributed by atoms with van der Waals surface area (Å²) >= 11 is 0. The molecule has 76 valence electrons. The molecule has 0 aliphatic heterocycles. The maximum atomic E-state index is 9.55. The first-order chi connectivity index (χ1) is 5.90. The highest BCUT2D eigenvalue weighted by Crippen LogP contribution is 1.77. The van der Waals surface area contributed by atoms with Crippen LogP contribution in [0.2, 0.25) is 0 Å². The van der Waals surface area contributed by atoms with Gasteiger partial charge in [-0.05, 0) is 6.42 Å². The van der Waals surface area contributed by atoms with Crippen LogP contribution in [0.4, 0.5) is 0 Å². The third-order valence-corrected chi connectivity index (χ3v) is 0.734. The van der Waals surface area contributed by atoms with Gasteiger partial charge in [-0.25, -0.2) is 9.59 Å². The highest BCUT2D eigenvalue weighted by atomic mass is 16.5. The van der Waals surface area contributed by atoms with Gasteiger partial charge in [0, 0.05) is 12.2 Å². The Kier molecular flexibility index (Phi) is 9.46. The summed E-state index contributed by atoms with van der Waals surface area (Å²) in [6.07, 6.45) is 0.417. The van der Waals surface area contributed by atoms with Crippen LogP contribution < -0.4 is 0 Å². The van der Waals surface area contributed by atoms with Gasteiger partial charge < -0.3 is 20.4 Å². The third-order valence-electron chi connectivity index (χ3n) is 0.734. The molecule has 0 rings (SSSR count). The quantitative estimate of drug-likeness (QED) is 0.351. The minimum atomic E-state index is -1.26. The molecule has 6 heteroatoms. The van der Waals surface area contributed by atoms with Crippen molar-refractivity contribution in [1.82, 2.24) is 0 Å². The average Bonchev–Trinajstić information content (AvgIpc) is 2.02. The fourth-order valence-corrected chi connectivity index (χ4v) is 0.143. The third kappa shape index (κ3) is 25.0. The van der Waals surface area contributed by atoms with Crippen LogP contribution in [-0.4, -0.2) is 38.7 Å². The summed E-state index contributed by atoms with van der Waals surface area (Å²) in [5.41, 5.74) is 0. The smallest absolute Gasteiger partial charge is 0.328 e. The molecule has 4 N–H and O–H groups in total. The molecule has 0 fully saturated rings. The van der Waals surface area contributed by atoms with Gasteiger partial charge >= 0.3 is 11.9 Å². The van der Waals surface area contributed by atoms with Crippen LogP contribution in [0, 0.1) is 0 Å². The van der Waals surface area contributed by atoms with Crippen molar-refractivity contribution >= 4 is 11.9 Å². The van der Waals surface area contributed by atoms with Gasteiger partial charge in [0.05, 0.1) is 0 Å². The minimum absolute atomic E-state index is 0.417. The van der Waals surface area contributed by atoms with Gasteiger partial charge in [-0.15, -0.1) is 0 Å². The molecule has 0 aliphatic carbocycles. The van der Waals surface area contributed by atoms with Crippen molar-refractivity contribution in [3.8, 4) is 0 Å². The van der Waals surface area contributed by atoms with Gasteiger partial charge in [0.2, 0.25) is 0 Å². The lowest BCUT2D eigenvalue weighted by atomic mass is 10.5. The van der Waals surface area contributed by atoms with E-state index in [9.17, 15) is 9.59 Å². The summed E-state index contributed by atoms with van der Waals surface area (Å²) in [7, 11) is 0.